The molecule has 1 unspecified atom stereocenters. The van der Waals surface area contributed by atoms with E-state index in [-0.39, 0.29) is 6.09 Å². The molecule has 0 radical (unpaired) electrons. The number of nitrogens with two attached hydrogens (primary N) is 1. The lowest BCUT2D eigenvalue weighted by Gasteiger charge is -2.30. The molecular weight excluding hydrogens is 232 g/mol. The molecule has 0 saturated carbocycles. The maximum absolute atomic E-state index is 12.0. The van der Waals surface area contributed by atoms with E-state index in [0.29, 0.717) is 18.8 Å². The highest BCUT2D eigenvalue weighted by molar-refractivity contribution is 5.90. The number of ether oxygens (including phenoxy) is 2. The van der Waals surface area contributed by atoms with E-state index in [1.165, 1.54) is 0 Å². The summed E-state index contributed by atoms with van der Waals surface area (Å²) in [6.45, 7) is 1.77. The number of carbonyl (C=O) groups is 1. The fraction of sp³-hybridized carbons (Fsp3) is 0.462. The van der Waals surface area contributed by atoms with Crippen LogP contribution in [0.5, 0.6) is 0 Å². The zero-order chi connectivity index (χ0) is 12.6. The molecule has 1 atom stereocenters. The Bertz CT molecular complexity index is 469. The summed E-state index contributed by atoms with van der Waals surface area (Å²) >= 11 is 0. The number of nitrogens with zero attached hydrogens (tertiary/aromatic N) is 1. The van der Waals surface area contributed by atoms with Gasteiger partial charge in [-0.25, -0.2) is 4.79 Å². The lowest BCUT2D eigenvalue weighted by Crippen LogP contribution is -2.42. The Balaban J connectivity index is 1.84. The predicted molar refractivity (Wildman–Crippen MR) is 67.5 cm³/mol. The largest absolute Gasteiger partial charge is 0.438 e. The van der Waals surface area contributed by atoms with E-state index in [4.69, 9.17) is 15.2 Å². The molecule has 1 amide bonds. The number of anilines is 2. The average molecular weight is 248 g/mol. The smallest absolute Gasteiger partial charge is 0.415 e. The van der Waals surface area contributed by atoms with Crippen molar-refractivity contribution in [2.24, 2.45) is 0 Å². The molecule has 2 aliphatic heterocycles. The first-order valence-corrected chi connectivity index (χ1v) is 6.12. The average Bonchev–Trinajstić information content (AvgIpc) is 2.67. The first kappa shape index (κ1) is 11.3. The summed E-state index contributed by atoms with van der Waals surface area (Å²) in [6, 6.07) is 7.27. The molecule has 2 fully saturated rings. The van der Waals surface area contributed by atoms with Gasteiger partial charge in [0, 0.05) is 18.0 Å². The third kappa shape index (κ3) is 1.90. The Hall–Kier alpha value is -1.75. The third-order valence-electron chi connectivity index (χ3n) is 3.44. The fourth-order valence-electron chi connectivity index (χ4n) is 2.55. The van der Waals surface area contributed by atoms with Gasteiger partial charge in [0.2, 0.25) is 0 Å². The molecule has 0 aromatic heterocycles. The quantitative estimate of drug-likeness (QED) is 0.769. The van der Waals surface area contributed by atoms with Gasteiger partial charge < -0.3 is 15.2 Å². The molecule has 1 spiro atoms. The monoisotopic (exact) mass is 248 g/mol. The van der Waals surface area contributed by atoms with Crippen molar-refractivity contribution in [1.82, 2.24) is 0 Å². The highest BCUT2D eigenvalue weighted by atomic mass is 16.6. The summed E-state index contributed by atoms with van der Waals surface area (Å²) in [6.07, 6.45) is 1.47. The number of rotatable bonds is 1. The van der Waals surface area contributed by atoms with Crippen LogP contribution in [-0.2, 0) is 9.47 Å². The summed E-state index contributed by atoms with van der Waals surface area (Å²) in [5, 5.41) is 0. The Kier molecular flexibility index (Phi) is 2.63. The number of hydrogen-bond donors (Lipinski definition) is 1. The molecular formula is C13H16N2O3. The van der Waals surface area contributed by atoms with Crippen LogP contribution in [0.2, 0.25) is 0 Å². The highest BCUT2D eigenvalue weighted by Gasteiger charge is 2.47. The van der Waals surface area contributed by atoms with Crippen LogP contribution in [0.15, 0.2) is 24.3 Å². The first-order chi connectivity index (χ1) is 8.69. The second-order valence-electron chi connectivity index (χ2n) is 4.89. The third-order valence-corrected chi connectivity index (χ3v) is 3.44. The van der Waals surface area contributed by atoms with Crippen LogP contribution in [0.3, 0.4) is 0 Å². The van der Waals surface area contributed by atoms with Crippen LogP contribution >= 0.6 is 0 Å². The van der Waals surface area contributed by atoms with Gasteiger partial charge in [-0.3, -0.25) is 4.90 Å². The molecule has 96 valence electrons. The van der Waals surface area contributed by atoms with Gasteiger partial charge in [-0.2, -0.15) is 0 Å². The number of carbonyl (C=O) groups excluding carboxylic acids is 1. The number of benzene rings is 1. The summed E-state index contributed by atoms with van der Waals surface area (Å²) in [5.74, 6) is 0. The topological polar surface area (TPSA) is 64.8 Å². The van der Waals surface area contributed by atoms with Crippen molar-refractivity contribution in [3.05, 3.63) is 24.3 Å². The SMILES string of the molecule is Nc1cccc(N2CC3(CCCOC3)OC2=O)c1. The molecule has 2 N–H and O–H groups in total. The number of nitrogen functional groups attached to an aromatic ring is 1. The minimum atomic E-state index is -0.472. The van der Waals surface area contributed by atoms with Crippen LogP contribution in [0.1, 0.15) is 12.8 Å². The number of hydrogen-bond acceptors (Lipinski definition) is 4. The van der Waals surface area contributed by atoms with Gasteiger partial charge in [-0.15, -0.1) is 0 Å². The highest BCUT2D eigenvalue weighted by Crippen LogP contribution is 2.34. The molecule has 0 aliphatic carbocycles. The van der Waals surface area contributed by atoms with E-state index in [1.807, 2.05) is 12.1 Å². The zero-order valence-electron chi connectivity index (χ0n) is 10.1. The first-order valence-electron chi connectivity index (χ1n) is 6.12. The minimum absolute atomic E-state index is 0.314. The van der Waals surface area contributed by atoms with Crippen molar-refractivity contribution >= 4 is 17.5 Å². The van der Waals surface area contributed by atoms with Crippen LogP contribution < -0.4 is 10.6 Å². The van der Waals surface area contributed by atoms with Crippen molar-refractivity contribution < 1.29 is 14.3 Å². The van der Waals surface area contributed by atoms with Crippen molar-refractivity contribution in [2.75, 3.05) is 30.4 Å². The Morgan fingerprint density at radius 3 is 3.00 bits per heavy atom. The number of amides is 1. The van der Waals surface area contributed by atoms with Crippen molar-refractivity contribution in [2.45, 2.75) is 18.4 Å². The van der Waals surface area contributed by atoms with E-state index in [2.05, 4.69) is 0 Å². The second-order valence-corrected chi connectivity index (χ2v) is 4.89. The van der Waals surface area contributed by atoms with E-state index < -0.39 is 5.60 Å². The normalized spacial score (nSPS) is 27.6. The lowest BCUT2D eigenvalue weighted by molar-refractivity contribution is -0.0643. The molecule has 5 heteroatoms. The van der Waals surface area contributed by atoms with Gasteiger partial charge in [0.15, 0.2) is 5.60 Å². The van der Waals surface area contributed by atoms with Crippen LogP contribution in [-0.4, -0.2) is 31.5 Å². The summed E-state index contributed by atoms with van der Waals surface area (Å²) < 4.78 is 11.0. The Labute approximate surface area is 105 Å². The summed E-state index contributed by atoms with van der Waals surface area (Å²) in [4.78, 5) is 13.6. The van der Waals surface area contributed by atoms with Gasteiger partial charge in [-0.1, -0.05) is 6.07 Å². The molecule has 0 bridgehead atoms. The van der Waals surface area contributed by atoms with Crippen LogP contribution in [0.4, 0.5) is 16.2 Å². The van der Waals surface area contributed by atoms with E-state index in [1.54, 1.807) is 17.0 Å². The predicted octanol–water partition coefficient (Wildman–Crippen LogP) is 1.77. The molecule has 2 heterocycles. The molecule has 2 saturated heterocycles. The molecule has 3 rings (SSSR count). The van der Waals surface area contributed by atoms with Gasteiger partial charge >= 0.3 is 6.09 Å². The molecule has 1 aromatic carbocycles. The standard InChI is InChI=1S/C13H16N2O3/c14-10-3-1-4-11(7-10)15-8-13(18-12(15)16)5-2-6-17-9-13/h1,3-4,7H,2,5-6,8-9,14H2. The van der Waals surface area contributed by atoms with Crippen LogP contribution in [0, 0.1) is 0 Å². The molecule has 1 aromatic rings. The maximum atomic E-state index is 12.0. The zero-order valence-corrected chi connectivity index (χ0v) is 10.1. The Morgan fingerprint density at radius 2 is 2.28 bits per heavy atom. The summed E-state index contributed by atoms with van der Waals surface area (Å²) in [7, 11) is 0. The molecule has 5 nitrogen and oxygen atoms in total. The van der Waals surface area contributed by atoms with Crippen molar-refractivity contribution in [3.63, 3.8) is 0 Å². The van der Waals surface area contributed by atoms with E-state index in [9.17, 15) is 4.79 Å². The van der Waals surface area contributed by atoms with Crippen molar-refractivity contribution in [1.29, 1.82) is 0 Å². The van der Waals surface area contributed by atoms with Crippen LogP contribution in [0.25, 0.3) is 0 Å². The Morgan fingerprint density at radius 1 is 1.39 bits per heavy atom. The molecule has 18 heavy (non-hydrogen) atoms. The van der Waals surface area contributed by atoms with Gasteiger partial charge in [0.05, 0.1) is 13.2 Å². The van der Waals surface area contributed by atoms with Crippen molar-refractivity contribution in [3.8, 4) is 0 Å². The minimum Gasteiger partial charge on any atom is -0.438 e. The summed E-state index contributed by atoms with van der Waals surface area (Å²) in [5.41, 5.74) is 6.69. The maximum Gasteiger partial charge on any atom is 0.415 e. The lowest BCUT2D eigenvalue weighted by atomic mass is 9.97. The van der Waals surface area contributed by atoms with Gasteiger partial charge in [-0.05, 0) is 31.0 Å². The van der Waals surface area contributed by atoms with E-state index >= 15 is 0 Å². The molecule has 2 aliphatic rings. The van der Waals surface area contributed by atoms with Gasteiger partial charge in [0.25, 0.3) is 0 Å². The fourth-order valence-corrected chi connectivity index (χ4v) is 2.55. The van der Waals surface area contributed by atoms with E-state index in [0.717, 1.165) is 25.1 Å². The second kappa shape index (κ2) is 4.17. The van der Waals surface area contributed by atoms with Gasteiger partial charge in [0.1, 0.15) is 0 Å².